The molecular formula is C9H11BrO2S. The van der Waals surface area contributed by atoms with Crippen LogP contribution in [0.1, 0.15) is 30.1 Å². The number of thiophene rings is 1. The van der Waals surface area contributed by atoms with E-state index in [1.165, 1.54) is 11.3 Å². The zero-order chi connectivity index (χ0) is 9.68. The lowest BCUT2D eigenvalue weighted by atomic mass is 10.3. The van der Waals surface area contributed by atoms with Gasteiger partial charge in [-0.2, -0.15) is 0 Å². The van der Waals surface area contributed by atoms with Gasteiger partial charge in [-0.15, -0.1) is 11.3 Å². The Morgan fingerprint density at radius 1 is 1.69 bits per heavy atom. The zero-order valence-corrected chi connectivity index (χ0v) is 9.78. The summed E-state index contributed by atoms with van der Waals surface area (Å²) in [5.74, 6) is -0.226. The Kier molecular flexibility index (Phi) is 4.45. The van der Waals surface area contributed by atoms with Crippen LogP contribution < -0.4 is 0 Å². The zero-order valence-electron chi connectivity index (χ0n) is 7.38. The van der Waals surface area contributed by atoms with Crippen LogP contribution in [-0.2, 0) is 4.74 Å². The fourth-order valence-corrected chi connectivity index (χ4v) is 1.94. The Labute approximate surface area is 90.0 Å². The number of hydrogen-bond acceptors (Lipinski definition) is 3. The van der Waals surface area contributed by atoms with Gasteiger partial charge in [-0.05, 0) is 28.4 Å². The molecule has 0 aliphatic heterocycles. The fraction of sp³-hybridized carbons (Fsp3) is 0.444. The second-order valence-corrected chi connectivity index (χ2v) is 4.92. The fourth-order valence-electron chi connectivity index (χ4n) is 0.810. The molecule has 0 bridgehead atoms. The average Bonchev–Trinajstić information content (AvgIpc) is 2.52. The first-order chi connectivity index (χ1) is 6.24. The second kappa shape index (κ2) is 5.40. The van der Waals surface area contributed by atoms with Gasteiger partial charge < -0.3 is 4.74 Å². The molecule has 1 rings (SSSR count). The molecule has 0 fully saturated rings. The number of halogens is 1. The number of ether oxygens (including phenoxy) is 1. The van der Waals surface area contributed by atoms with Crippen molar-refractivity contribution >= 4 is 33.2 Å². The summed E-state index contributed by atoms with van der Waals surface area (Å²) in [5.41, 5.74) is 0.632. The summed E-state index contributed by atoms with van der Waals surface area (Å²) < 4.78 is 5.98. The molecule has 4 heteroatoms. The molecule has 1 aromatic rings. The van der Waals surface area contributed by atoms with Crippen LogP contribution in [0.5, 0.6) is 0 Å². The molecule has 0 saturated heterocycles. The van der Waals surface area contributed by atoms with E-state index < -0.39 is 0 Å². The van der Waals surface area contributed by atoms with Crippen LogP contribution >= 0.6 is 27.3 Å². The molecular weight excluding hydrogens is 252 g/mol. The first kappa shape index (κ1) is 10.7. The monoisotopic (exact) mass is 262 g/mol. The van der Waals surface area contributed by atoms with Crippen LogP contribution in [0.4, 0.5) is 0 Å². The van der Waals surface area contributed by atoms with Gasteiger partial charge in [-0.25, -0.2) is 4.79 Å². The number of unbranched alkanes of at least 4 members (excludes halogenated alkanes) is 1. The molecule has 0 aromatic carbocycles. The highest BCUT2D eigenvalue weighted by molar-refractivity contribution is 9.11. The van der Waals surface area contributed by atoms with E-state index in [4.69, 9.17) is 4.74 Å². The molecule has 0 amide bonds. The molecule has 0 aliphatic carbocycles. The summed E-state index contributed by atoms with van der Waals surface area (Å²) in [6.45, 7) is 2.58. The highest BCUT2D eigenvalue weighted by Gasteiger charge is 2.08. The third kappa shape index (κ3) is 3.48. The predicted molar refractivity (Wildman–Crippen MR) is 57.2 cm³/mol. The lowest BCUT2D eigenvalue weighted by Crippen LogP contribution is -2.04. The van der Waals surface area contributed by atoms with Gasteiger partial charge >= 0.3 is 5.97 Å². The number of rotatable bonds is 4. The summed E-state index contributed by atoms with van der Waals surface area (Å²) in [4.78, 5) is 11.3. The van der Waals surface area contributed by atoms with E-state index in [1.54, 1.807) is 11.4 Å². The Morgan fingerprint density at radius 3 is 3.00 bits per heavy atom. The maximum Gasteiger partial charge on any atom is 0.339 e. The van der Waals surface area contributed by atoms with Gasteiger partial charge in [0.2, 0.25) is 0 Å². The molecule has 13 heavy (non-hydrogen) atoms. The Bertz CT molecular complexity index is 283. The Hall–Kier alpha value is -0.350. The predicted octanol–water partition coefficient (Wildman–Crippen LogP) is 3.47. The molecule has 0 aliphatic rings. The Balaban J connectivity index is 2.40. The van der Waals surface area contributed by atoms with Gasteiger partial charge in [0.05, 0.1) is 16.0 Å². The van der Waals surface area contributed by atoms with E-state index >= 15 is 0 Å². The van der Waals surface area contributed by atoms with Crippen molar-refractivity contribution < 1.29 is 9.53 Å². The molecule has 0 N–H and O–H groups in total. The molecule has 72 valence electrons. The van der Waals surface area contributed by atoms with E-state index in [0.29, 0.717) is 12.2 Å². The minimum Gasteiger partial charge on any atom is -0.462 e. The summed E-state index contributed by atoms with van der Waals surface area (Å²) in [5, 5.41) is 1.79. The molecule has 0 spiro atoms. The van der Waals surface area contributed by atoms with E-state index in [9.17, 15) is 4.79 Å². The van der Waals surface area contributed by atoms with Crippen LogP contribution in [0.3, 0.4) is 0 Å². The summed E-state index contributed by atoms with van der Waals surface area (Å²) in [6, 6.07) is 1.78. The number of hydrogen-bond donors (Lipinski definition) is 0. The van der Waals surface area contributed by atoms with Gasteiger partial charge in [-0.3, -0.25) is 0 Å². The molecule has 1 aromatic heterocycles. The maximum atomic E-state index is 11.3. The smallest absolute Gasteiger partial charge is 0.339 e. The van der Waals surface area contributed by atoms with E-state index in [2.05, 4.69) is 22.9 Å². The minimum atomic E-state index is -0.226. The van der Waals surface area contributed by atoms with Crippen molar-refractivity contribution in [2.75, 3.05) is 6.61 Å². The number of carbonyl (C=O) groups is 1. The van der Waals surface area contributed by atoms with E-state index in [1.807, 2.05) is 0 Å². The average molecular weight is 263 g/mol. The standard InChI is InChI=1S/C9H11BrO2S/c1-2-3-4-12-9(11)7-5-8(10)13-6-7/h5-6H,2-4H2,1H3. The highest BCUT2D eigenvalue weighted by atomic mass is 79.9. The third-order valence-electron chi connectivity index (χ3n) is 1.53. The number of carbonyl (C=O) groups excluding carboxylic acids is 1. The SMILES string of the molecule is CCCCOC(=O)c1csc(Br)c1. The van der Waals surface area contributed by atoms with Crippen LogP contribution in [0.2, 0.25) is 0 Å². The van der Waals surface area contributed by atoms with Crippen LogP contribution in [0.25, 0.3) is 0 Å². The van der Waals surface area contributed by atoms with Gasteiger partial charge in [-0.1, -0.05) is 13.3 Å². The van der Waals surface area contributed by atoms with Gasteiger partial charge in [0.15, 0.2) is 0 Å². The molecule has 0 saturated carbocycles. The van der Waals surface area contributed by atoms with Crippen molar-refractivity contribution in [2.45, 2.75) is 19.8 Å². The lowest BCUT2D eigenvalue weighted by Gasteiger charge is -2.00. The van der Waals surface area contributed by atoms with E-state index in [-0.39, 0.29) is 5.97 Å². The minimum absolute atomic E-state index is 0.226. The summed E-state index contributed by atoms with van der Waals surface area (Å²) >= 11 is 4.78. The van der Waals surface area contributed by atoms with Gasteiger partial charge in [0.25, 0.3) is 0 Å². The summed E-state index contributed by atoms with van der Waals surface area (Å²) in [6.07, 6.45) is 1.97. The normalized spacial score (nSPS) is 10.0. The molecule has 0 unspecified atom stereocenters. The van der Waals surface area contributed by atoms with Gasteiger partial charge in [0.1, 0.15) is 0 Å². The summed E-state index contributed by atoms with van der Waals surface area (Å²) in [7, 11) is 0. The number of esters is 1. The first-order valence-corrected chi connectivity index (χ1v) is 5.82. The highest BCUT2D eigenvalue weighted by Crippen LogP contribution is 2.21. The third-order valence-corrected chi connectivity index (χ3v) is 3.04. The van der Waals surface area contributed by atoms with Crippen molar-refractivity contribution in [1.82, 2.24) is 0 Å². The molecule has 1 heterocycles. The van der Waals surface area contributed by atoms with Gasteiger partial charge in [0, 0.05) is 5.38 Å². The topological polar surface area (TPSA) is 26.3 Å². The largest absolute Gasteiger partial charge is 0.462 e. The molecule has 0 atom stereocenters. The molecule has 2 nitrogen and oxygen atoms in total. The van der Waals surface area contributed by atoms with Crippen LogP contribution in [-0.4, -0.2) is 12.6 Å². The van der Waals surface area contributed by atoms with Crippen molar-refractivity contribution in [2.24, 2.45) is 0 Å². The van der Waals surface area contributed by atoms with Crippen LogP contribution in [0.15, 0.2) is 15.2 Å². The van der Waals surface area contributed by atoms with E-state index in [0.717, 1.165) is 16.6 Å². The first-order valence-electron chi connectivity index (χ1n) is 4.15. The molecule has 0 radical (unpaired) electrons. The van der Waals surface area contributed by atoms with Crippen molar-refractivity contribution in [3.05, 3.63) is 20.8 Å². The van der Waals surface area contributed by atoms with Crippen molar-refractivity contribution in [3.8, 4) is 0 Å². The van der Waals surface area contributed by atoms with Crippen LogP contribution in [0, 0.1) is 0 Å². The quantitative estimate of drug-likeness (QED) is 0.614. The second-order valence-electron chi connectivity index (χ2n) is 2.63. The van der Waals surface area contributed by atoms with Crippen molar-refractivity contribution in [3.63, 3.8) is 0 Å². The van der Waals surface area contributed by atoms with Crippen molar-refractivity contribution in [1.29, 1.82) is 0 Å². The lowest BCUT2D eigenvalue weighted by molar-refractivity contribution is 0.0500. The maximum absolute atomic E-state index is 11.3. The Morgan fingerprint density at radius 2 is 2.46 bits per heavy atom.